The first-order valence-corrected chi connectivity index (χ1v) is 8.55. The lowest BCUT2D eigenvalue weighted by molar-refractivity contribution is 0.0419. The molecule has 2 aromatic carbocycles. The second-order valence-corrected chi connectivity index (χ2v) is 7.25. The van der Waals surface area contributed by atoms with E-state index in [-0.39, 0.29) is 12.0 Å². The van der Waals surface area contributed by atoms with Gasteiger partial charge in [0.15, 0.2) is 0 Å². The molecule has 0 saturated carbocycles. The van der Waals surface area contributed by atoms with Gasteiger partial charge in [-0.2, -0.15) is 0 Å². The van der Waals surface area contributed by atoms with Crippen molar-refractivity contribution in [2.24, 2.45) is 5.92 Å². The van der Waals surface area contributed by atoms with Crippen molar-refractivity contribution < 1.29 is 14.6 Å². The Hall–Kier alpha value is -2.33. The number of alkyl carbamates (subject to hydrolysis) is 1. The lowest BCUT2D eigenvalue weighted by atomic mass is 9.87. The maximum atomic E-state index is 12.3. The first-order chi connectivity index (χ1) is 11.8. The number of hydrogen-bond acceptors (Lipinski definition) is 3. The van der Waals surface area contributed by atoms with Crippen LogP contribution in [-0.2, 0) is 4.74 Å². The number of rotatable bonds is 5. The largest absolute Gasteiger partial charge is 0.444 e. The molecule has 0 aliphatic carbocycles. The molecule has 4 heteroatoms. The maximum Gasteiger partial charge on any atom is 0.408 e. The van der Waals surface area contributed by atoms with Gasteiger partial charge in [-0.1, -0.05) is 67.6 Å². The molecule has 1 amide bonds. The molecule has 134 valence electrons. The van der Waals surface area contributed by atoms with Gasteiger partial charge in [0, 0.05) is 5.92 Å². The van der Waals surface area contributed by atoms with E-state index in [2.05, 4.69) is 5.32 Å². The van der Waals surface area contributed by atoms with E-state index in [9.17, 15) is 9.90 Å². The Morgan fingerprint density at radius 3 is 1.92 bits per heavy atom. The van der Waals surface area contributed by atoms with Crippen LogP contribution in [-0.4, -0.2) is 16.8 Å². The molecule has 0 fully saturated rings. The minimum Gasteiger partial charge on any atom is -0.444 e. The van der Waals surface area contributed by atoms with Gasteiger partial charge in [0.25, 0.3) is 0 Å². The third kappa shape index (κ3) is 5.61. The number of benzene rings is 2. The van der Waals surface area contributed by atoms with Crippen LogP contribution >= 0.6 is 0 Å². The molecule has 0 spiro atoms. The highest BCUT2D eigenvalue weighted by Crippen LogP contribution is 2.32. The second kappa shape index (κ2) is 8.17. The van der Waals surface area contributed by atoms with Gasteiger partial charge < -0.3 is 15.2 Å². The van der Waals surface area contributed by atoms with Crippen molar-refractivity contribution in [2.45, 2.75) is 45.4 Å². The molecule has 4 nitrogen and oxygen atoms in total. The van der Waals surface area contributed by atoms with Crippen LogP contribution in [0.2, 0.25) is 0 Å². The molecule has 0 bridgehead atoms. The van der Waals surface area contributed by atoms with Crippen molar-refractivity contribution in [3.05, 3.63) is 71.8 Å². The Morgan fingerprint density at radius 2 is 1.44 bits per heavy atom. The van der Waals surface area contributed by atoms with Gasteiger partial charge in [-0.3, -0.25) is 0 Å². The number of amides is 1. The maximum absolute atomic E-state index is 12.3. The highest BCUT2D eigenvalue weighted by atomic mass is 16.6. The van der Waals surface area contributed by atoms with E-state index in [0.29, 0.717) is 0 Å². The van der Waals surface area contributed by atoms with E-state index in [1.807, 2.05) is 88.4 Å². The predicted octanol–water partition coefficient (Wildman–Crippen LogP) is 4.62. The number of ether oxygens (including phenoxy) is 1. The molecule has 0 saturated heterocycles. The van der Waals surface area contributed by atoms with Crippen molar-refractivity contribution in [2.75, 3.05) is 0 Å². The van der Waals surface area contributed by atoms with Crippen LogP contribution in [0.4, 0.5) is 4.79 Å². The molecule has 0 aromatic heterocycles. The van der Waals surface area contributed by atoms with Crippen LogP contribution < -0.4 is 5.32 Å². The average molecular weight is 341 g/mol. The molecule has 2 rings (SSSR count). The van der Waals surface area contributed by atoms with E-state index < -0.39 is 17.8 Å². The molecule has 2 aromatic rings. The Kier molecular flexibility index (Phi) is 6.21. The normalized spacial score (nSPS) is 15.1. The standard InChI is InChI=1S/C21H27NO3/c1-15(19(23)17-13-9-6-10-14-17)18(16-11-7-5-8-12-16)22-20(24)25-21(2,3)4/h5-15,18-19,23H,1-4H3,(H,22,24)/t15-,18+,19+/m1/s1. The van der Waals surface area contributed by atoms with Gasteiger partial charge in [-0.15, -0.1) is 0 Å². The second-order valence-electron chi connectivity index (χ2n) is 7.25. The summed E-state index contributed by atoms with van der Waals surface area (Å²) in [5.41, 5.74) is 1.17. The zero-order valence-electron chi connectivity index (χ0n) is 15.3. The summed E-state index contributed by atoms with van der Waals surface area (Å²) in [4.78, 5) is 12.3. The summed E-state index contributed by atoms with van der Waals surface area (Å²) in [7, 11) is 0. The van der Waals surface area contributed by atoms with Crippen LogP contribution in [0, 0.1) is 5.92 Å². The monoisotopic (exact) mass is 341 g/mol. The number of carbonyl (C=O) groups is 1. The van der Waals surface area contributed by atoms with Crippen molar-refractivity contribution in [1.29, 1.82) is 0 Å². The minimum absolute atomic E-state index is 0.239. The zero-order valence-corrected chi connectivity index (χ0v) is 15.3. The average Bonchev–Trinajstić information content (AvgIpc) is 2.58. The topological polar surface area (TPSA) is 58.6 Å². The highest BCUT2D eigenvalue weighted by Gasteiger charge is 2.29. The van der Waals surface area contributed by atoms with Crippen LogP contribution in [0.1, 0.15) is 51.0 Å². The van der Waals surface area contributed by atoms with Gasteiger partial charge in [0.2, 0.25) is 0 Å². The van der Waals surface area contributed by atoms with Crippen molar-refractivity contribution in [3.8, 4) is 0 Å². The molecular formula is C21H27NO3. The molecule has 0 radical (unpaired) electrons. The molecule has 0 aliphatic rings. The van der Waals surface area contributed by atoms with Crippen molar-refractivity contribution in [1.82, 2.24) is 5.32 Å². The van der Waals surface area contributed by atoms with E-state index in [1.54, 1.807) is 0 Å². The van der Waals surface area contributed by atoms with Gasteiger partial charge >= 0.3 is 6.09 Å². The molecule has 25 heavy (non-hydrogen) atoms. The van der Waals surface area contributed by atoms with Gasteiger partial charge in [-0.25, -0.2) is 4.79 Å². The first kappa shape index (κ1) is 19.0. The van der Waals surface area contributed by atoms with Gasteiger partial charge in [-0.05, 0) is 31.9 Å². The molecule has 2 N–H and O–H groups in total. The lowest BCUT2D eigenvalue weighted by Gasteiger charge is -2.30. The predicted molar refractivity (Wildman–Crippen MR) is 99.1 cm³/mol. The molecule has 3 atom stereocenters. The summed E-state index contributed by atoms with van der Waals surface area (Å²) < 4.78 is 5.39. The third-order valence-electron chi connectivity index (χ3n) is 4.00. The fraction of sp³-hybridized carbons (Fsp3) is 0.381. The van der Waals surface area contributed by atoms with E-state index >= 15 is 0 Å². The fourth-order valence-corrected chi connectivity index (χ4v) is 2.75. The number of hydrogen-bond donors (Lipinski definition) is 2. The van der Waals surface area contributed by atoms with Gasteiger partial charge in [0.05, 0.1) is 12.1 Å². The number of aliphatic hydroxyl groups is 1. The zero-order chi connectivity index (χ0) is 18.4. The Balaban J connectivity index is 2.24. The molecular weight excluding hydrogens is 314 g/mol. The molecule has 0 aliphatic heterocycles. The quantitative estimate of drug-likeness (QED) is 0.834. The first-order valence-electron chi connectivity index (χ1n) is 8.55. The van der Waals surface area contributed by atoms with E-state index in [4.69, 9.17) is 4.74 Å². The summed E-state index contributed by atoms with van der Waals surface area (Å²) in [5, 5.41) is 13.7. The number of aliphatic hydroxyl groups excluding tert-OH is 1. The SMILES string of the molecule is C[C@@H]([C@H](O)c1ccccc1)[C@H](NC(=O)OC(C)(C)C)c1ccccc1. The molecule has 0 heterocycles. The summed E-state index contributed by atoms with van der Waals surface area (Å²) in [6.45, 7) is 7.40. The van der Waals surface area contributed by atoms with E-state index in [0.717, 1.165) is 11.1 Å². The number of nitrogens with one attached hydrogen (secondary N) is 1. The van der Waals surface area contributed by atoms with Crippen LogP contribution in [0.5, 0.6) is 0 Å². The Labute approximate surface area is 149 Å². The fourth-order valence-electron chi connectivity index (χ4n) is 2.75. The summed E-state index contributed by atoms with van der Waals surface area (Å²) in [6.07, 6.45) is -1.20. The van der Waals surface area contributed by atoms with Crippen molar-refractivity contribution >= 4 is 6.09 Å². The van der Waals surface area contributed by atoms with E-state index in [1.165, 1.54) is 0 Å². The summed E-state index contributed by atoms with van der Waals surface area (Å²) >= 11 is 0. The summed E-state index contributed by atoms with van der Waals surface area (Å²) in [5.74, 6) is -0.239. The van der Waals surface area contributed by atoms with Crippen LogP contribution in [0.15, 0.2) is 60.7 Å². The molecule has 0 unspecified atom stereocenters. The Morgan fingerprint density at radius 1 is 0.960 bits per heavy atom. The summed E-state index contributed by atoms with van der Waals surface area (Å²) in [6, 6.07) is 18.7. The smallest absolute Gasteiger partial charge is 0.408 e. The lowest BCUT2D eigenvalue weighted by Crippen LogP contribution is -2.38. The number of carbonyl (C=O) groups excluding carboxylic acids is 1. The van der Waals surface area contributed by atoms with Gasteiger partial charge in [0.1, 0.15) is 5.60 Å². The van der Waals surface area contributed by atoms with Crippen LogP contribution in [0.3, 0.4) is 0 Å². The van der Waals surface area contributed by atoms with Crippen molar-refractivity contribution in [3.63, 3.8) is 0 Å². The van der Waals surface area contributed by atoms with Crippen LogP contribution in [0.25, 0.3) is 0 Å². The highest BCUT2D eigenvalue weighted by molar-refractivity contribution is 5.68. The Bertz CT molecular complexity index is 665. The minimum atomic E-state index is -0.707. The third-order valence-corrected chi connectivity index (χ3v) is 4.00.